The first-order valence-corrected chi connectivity index (χ1v) is 5.72. The molecule has 3 nitrogen and oxygen atoms in total. The number of carbonyl (C=O) groups is 1. The third-order valence-electron chi connectivity index (χ3n) is 2.43. The van der Waals surface area contributed by atoms with E-state index < -0.39 is 0 Å². The van der Waals surface area contributed by atoms with Crippen LogP contribution in [0.1, 0.15) is 15.9 Å². The highest BCUT2D eigenvalue weighted by Gasteiger charge is 2.12. The summed E-state index contributed by atoms with van der Waals surface area (Å²) in [6.07, 6.45) is 0. The predicted octanol–water partition coefficient (Wildman–Crippen LogP) is 3.47. The van der Waals surface area contributed by atoms with Crippen molar-refractivity contribution in [1.29, 1.82) is 0 Å². The molecule has 0 aliphatic carbocycles. The summed E-state index contributed by atoms with van der Waals surface area (Å²) in [5.74, 6) is -0.316. The monoisotopic (exact) mass is 260 g/mol. The minimum absolute atomic E-state index is 0.316. The van der Waals surface area contributed by atoms with Gasteiger partial charge in [0.25, 0.3) is 5.91 Å². The van der Waals surface area contributed by atoms with E-state index in [1.54, 1.807) is 24.3 Å². The Morgan fingerprint density at radius 1 is 1.17 bits per heavy atom. The second-order valence-corrected chi connectivity index (χ2v) is 4.12. The van der Waals surface area contributed by atoms with Crippen molar-refractivity contribution >= 4 is 23.2 Å². The third kappa shape index (κ3) is 2.88. The van der Waals surface area contributed by atoms with Crippen LogP contribution >= 0.6 is 11.6 Å². The van der Waals surface area contributed by atoms with Crippen molar-refractivity contribution in [3.63, 3.8) is 0 Å². The Morgan fingerprint density at radius 3 is 2.56 bits per heavy atom. The Bertz CT molecular complexity index is 555. The molecule has 0 aliphatic rings. The van der Waals surface area contributed by atoms with Crippen LogP contribution < -0.4 is 5.32 Å². The van der Waals surface area contributed by atoms with E-state index in [1.165, 1.54) is 6.07 Å². The Labute approximate surface area is 110 Å². The van der Waals surface area contributed by atoms with Crippen molar-refractivity contribution in [2.24, 2.45) is 0 Å². The summed E-state index contributed by atoms with van der Waals surface area (Å²) in [5.41, 5.74) is 1.44. The Hall–Kier alpha value is -1.84. The first-order valence-electron chi connectivity index (χ1n) is 5.34. The molecule has 0 fully saturated rings. The maximum Gasteiger partial charge on any atom is 0.256 e. The number of anilines is 1. The first-order chi connectivity index (χ1) is 8.70. The minimum Gasteiger partial charge on any atom is -0.385 e. The number of hydrogen-bond donors (Lipinski definition) is 2. The quantitative estimate of drug-likeness (QED) is 0.888. The average molecular weight is 261 g/mol. The molecule has 2 N–H and O–H groups in total. The van der Waals surface area contributed by atoms with Gasteiger partial charge < -0.3 is 10.4 Å². The van der Waals surface area contributed by atoms with E-state index in [-0.39, 0.29) is 5.91 Å². The molecule has 0 saturated carbocycles. The fourth-order valence-electron chi connectivity index (χ4n) is 1.56. The van der Waals surface area contributed by atoms with Gasteiger partial charge in [-0.25, -0.2) is 0 Å². The molecule has 0 unspecified atom stereocenters. The van der Waals surface area contributed by atoms with Crippen LogP contribution in [0.3, 0.4) is 0 Å². The largest absolute Gasteiger partial charge is 0.385 e. The van der Waals surface area contributed by atoms with E-state index in [0.29, 0.717) is 21.8 Å². The fraction of sp³-hybridized carbons (Fsp3) is 0. The second-order valence-electron chi connectivity index (χ2n) is 3.68. The minimum atomic E-state index is -0.316. The standard InChI is InChI=1S/C14H11ClNO2/c15-11-7-6-10(9-17)13(8-11)14(18)16-12-4-2-1-3-5-12/h1-9,17H,(H,16,18). The van der Waals surface area contributed by atoms with Gasteiger partial charge in [-0.15, -0.1) is 0 Å². The van der Waals surface area contributed by atoms with Crippen molar-refractivity contribution in [3.05, 3.63) is 71.3 Å². The normalized spacial score (nSPS) is 10.1. The molecule has 91 valence electrons. The van der Waals surface area contributed by atoms with Gasteiger partial charge in [0.15, 0.2) is 0 Å². The number of nitrogens with one attached hydrogen (secondary N) is 1. The van der Waals surface area contributed by atoms with E-state index in [9.17, 15) is 4.79 Å². The van der Waals surface area contributed by atoms with Crippen molar-refractivity contribution in [1.82, 2.24) is 0 Å². The molecule has 18 heavy (non-hydrogen) atoms. The number of rotatable bonds is 3. The Kier molecular flexibility index (Phi) is 3.97. The molecule has 2 aromatic rings. The van der Waals surface area contributed by atoms with Crippen LogP contribution in [0.25, 0.3) is 0 Å². The van der Waals surface area contributed by atoms with Crippen LogP contribution in [0.5, 0.6) is 0 Å². The second kappa shape index (κ2) is 5.67. The summed E-state index contributed by atoms with van der Waals surface area (Å²) >= 11 is 5.85. The summed E-state index contributed by atoms with van der Waals surface area (Å²) in [7, 11) is 0. The van der Waals surface area contributed by atoms with Gasteiger partial charge in [-0.3, -0.25) is 4.79 Å². The molecule has 0 atom stereocenters. The first kappa shape index (κ1) is 12.6. The van der Waals surface area contributed by atoms with Crippen molar-refractivity contribution in [3.8, 4) is 0 Å². The number of hydrogen-bond acceptors (Lipinski definition) is 2. The molecule has 0 aromatic heterocycles. The Balaban J connectivity index is 2.26. The van der Waals surface area contributed by atoms with E-state index in [4.69, 9.17) is 16.7 Å². The highest BCUT2D eigenvalue weighted by atomic mass is 35.5. The van der Waals surface area contributed by atoms with E-state index in [1.807, 2.05) is 18.2 Å². The molecule has 4 heteroatoms. The van der Waals surface area contributed by atoms with Crippen molar-refractivity contribution in [2.45, 2.75) is 0 Å². The molecule has 0 aliphatic heterocycles. The maximum absolute atomic E-state index is 12.0. The van der Waals surface area contributed by atoms with Crippen molar-refractivity contribution < 1.29 is 9.90 Å². The van der Waals surface area contributed by atoms with Gasteiger partial charge in [-0.1, -0.05) is 35.9 Å². The summed E-state index contributed by atoms with van der Waals surface area (Å²) in [5, 5.41) is 12.3. The fourth-order valence-corrected chi connectivity index (χ4v) is 1.73. The molecular weight excluding hydrogens is 250 g/mol. The number of para-hydroxylation sites is 1. The molecule has 0 heterocycles. The molecule has 0 saturated heterocycles. The summed E-state index contributed by atoms with van der Waals surface area (Å²) in [6.45, 7) is 0.885. The van der Waals surface area contributed by atoms with Gasteiger partial charge >= 0.3 is 0 Å². The van der Waals surface area contributed by atoms with Gasteiger partial charge in [0, 0.05) is 16.3 Å². The molecule has 0 spiro atoms. The van der Waals surface area contributed by atoms with Gasteiger partial charge in [-0.05, 0) is 29.8 Å². The molecule has 1 amide bonds. The zero-order valence-electron chi connectivity index (χ0n) is 9.43. The predicted molar refractivity (Wildman–Crippen MR) is 71.2 cm³/mol. The summed E-state index contributed by atoms with van der Waals surface area (Å²) in [4.78, 5) is 12.0. The zero-order valence-corrected chi connectivity index (χ0v) is 10.2. The zero-order chi connectivity index (χ0) is 13.0. The number of aliphatic hydroxyl groups is 1. The smallest absolute Gasteiger partial charge is 0.256 e. The highest BCUT2D eigenvalue weighted by Crippen LogP contribution is 2.18. The molecule has 2 rings (SSSR count). The van der Waals surface area contributed by atoms with Crippen LogP contribution in [0.15, 0.2) is 48.5 Å². The number of aliphatic hydroxyl groups excluding tert-OH is 1. The number of carbonyl (C=O) groups excluding carboxylic acids is 1. The SMILES string of the molecule is O=C(Nc1ccccc1)c1cc(Cl)ccc1[CH]O. The van der Waals surface area contributed by atoms with E-state index >= 15 is 0 Å². The van der Waals surface area contributed by atoms with Gasteiger partial charge in [0.05, 0.1) is 0 Å². The topological polar surface area (TPSA) is 49.3 Å². The van der Waals surface area contributed by atoms with Gasteiger partial charge in [-0.2, -0.15) is 0 Å². The maximum atomic E-state index is 12.0. The number of halogens is 1. The summed E-state index contributed by atoms with van der Waals surface area (Å²) in [6, 6.07) is 13.8. The van der Waals surface area contributed by atoms with Gasteiger partial charge in [0.2, 0.25) is 0 Å². The van der Waals surface area contributed by atoms with Crippen LogP contribution in [0, 0.1) is 6.61 Å². The third-order valence-corrected chi connectivity index (χ3v) is 2.67. The lowest BCUT2D eigenvalue weighted by Crippen LogP contribution is -2.14. The van der Waals surface area contributed by atoms with Gasteiger partial charge in [0.1, 0.15) is 6.61 Å². The van der Waals surface area contributed by atoms with E-state index in [0.717, 1.165) is 6.61 Å². The molecular formula is C14H11ClNO2. The lowest BCUT2D eigenvalue weighted by Gasteiger charge is -2.08. The summed E-state index contributed by atoms with van der Waals surface area (Å²) < 4.78 is 0. The molecule has 0 bridgehead atoms. The molecule has 2 aromatic carbocycles. The van der Waals surface area contributed by atoms with Crippen LogP contribution in [0.4, 0.5) is 5.69 Å². The van der Waals surface area contributed by atoms with E-state index in [2.05, 4.69) is 5.32 Å². The van der Waals surface area contributed by atoms with Crippen LogP contribution in [0.2, 0.25) is 5.02 Å². The van der Waals surface area contributed by atoms with Crippen LogP contribution in [-0.2, 0) is 0 Å². The lowest BCUT2D eigenvalue weighted by molar-refractivity contribution is 0.102. The Morgan fingerprint density at radius 2 is 1.89 bits per heavy atom. The average Bonchev–Trinajstić information content (AvgIpc) is 2.40. The molecule has 1 radical (unpaired) electrons. The highest BCUT2D eigenvalue weighted by molar-refractivity contribution is 6.31. The van der Waals surface area contributed by atoms with Crippen molar-refractivity contribution in [2.75, 3.05) is 5.32 Å². The number of benzene rings is 2. The number of amides is 1. The lowest BCUT2D eigenvalue weighted by atomic mass is 10.1. The van der Waals surface area contributed by atoms with Crippen LogP contribution in [-0.4, -0.2) is 11.0 Å².